The molecule has 1 aromatic carbocycles. The lowest BCUT2D eigenvalue weighted by atomic mass is 10.1. The molecule has 0 saturated carbocycles. The van der Waals surface area contributed by atoms with Crippen LogP contribution in [0.4, 0.5) is 8.78 Å². The van der Waals surface area contributed by atoms with Crippen molar-refractivity contribution in [2.45, 2.75) is 12.8 Å². The molecule has 0 aliphatic rings. The van der Waals surface area contributed by atoms with Crippen molar-refractivity contribution in [2.75, 3.05) is 13.7 Å². The number of benzene rings is 1. The Kier molecular flexibility index (Phi) is 4.47. The summed E-state index contributed by atoms with van der Waals surface area (Å²) < 4.78 is 31.9. The van der Waals surface area contributed by atoms with E-state index in [0.29, 0.717) is 19.4 Å². The van der Waals surface area contributed by atoms with Gasteiger partial charge in [0.25, 0.3) is 0 Å². The van der Waals surface area contributed by atoms with Gasteiger partial charge in [0.1, 0.15) is 5.82 Å². The Balaban J connectivity index is 3.18. The summed E-state index contributed by atoms with van der Waals surface area (Å²) in [7, 11) is 1.32. The largest absolute Gasteiger partial charge is 0.493 e. The third kappa shape index (κ3) is 2.66. The van der Waals surface area contributed by atoms with Crippen LogP contribution >= 0.6 is 15.9 Å². The zero-order chi connectivity index (χ0) is 11.4. The van der Waals surface area contributed by atoms with E-state index in [1.165, 1.54) is 7.11 Å². The molecule has 0 amide bonds. The van der Waals surface area contributed by atoms with Gasteiger partial charge in [0.05, 0.1) is 11.6 Å². The minimum Gasteiger partial charge on any atom is -0.493 e. The van der Waals surface area contributed by atoms with Gasteiger partial charge in [-0.3, -0.25) is 0 Å². The normalized spacial score (nSPS) is 10.5. The molecule has 0 spiro atoms. The van der Waals surface area contributed by atoms with Crippen LogP contribution in [0.2, 0.25) is 0 Å². The molecular formula is C10H12BrF2NO. The minimum atomic E-state index is -0.571. The van der Waals surface area contributed by atoms with E-state index in [1.807, 2.05) is 0 Å². The zero-order valence-electron chi connectivity index (χ0n) is 8.32. The summed E-state index contributed by atoms with van der Waals surface area (Å²) in [4.78, 5) is 0. The molecule has 0 aromatic heterocycles. The molecule has 2 N–H and O–H groups in total. The molecule has 0 fully saturated rings. The Morgan fingerprint density at radius 3 is 2.67 bits per heavy atom. The highest BCUT2D eigenvalue weighted by Crippen LogP contribution is 2.31. The van der Waals surface area contributed by atoms with Crippen molar-refractivity contribution in [3.05, 3.63) is 27.7 Å². The Morgan fingerprint density at radius 2 is 2.13 bits per heavy atom. The molecule has 0 bridgehead atoms. The van der Waals surface area contributed by atoms with Gasteiger partial charge in [0.15, 0.2) is 11.6 Å². The number of methoxy groups -OCH3 is 1. The number of hydrogen-bond acceptors (Lipinski definition) is 2. The first-order valence-electron chi connectivity index (χ1n) is 4.52. The van der Waals surface area contributed by atoms with Crippen molar-refractivity contribution >= 4 is 15.9 Å². The van der Waals surface area contributed by atoms with Gasteiger partial charge in [-0.2, -0.15) is 0 Å². The molecular weight excluding hydrogens is 268 g/mol. The average Bonchev–Trinajstić information content (AvgIpc) is 2.21. The van der Waals surface area contributed by atoms with Crippen molar-refractivity contribution in [2.24, 2.45) is 5.73 Å². The second kappa shape index (κ2) is 5.42. The third-order valence-electron chi connectivity index (χ3n) is 2.05. The molecule has 1 rings (SSSR count). The SMILES string of the molecule is COc1c(F)cc(Br)c(F)c1CCCN. The van der Waals surface area contributed by atoms with Crippen LogP contribution in [0.1, 0.15) is 12.0 Å². The fraction of sp³-hybridized carbons (Fsp3) is 0.400. The predicted octanol–water partition coefficient (Wildman–Crippen LogP) is 2.63. The fourth-order valence-electron chi connectivity index (χ4n) is 1.35. The van der Waals surface area contributed by atoms with E-state index in [4.69, 9.17) is 10.5 Å². The number of rotatable bonds is 4. The zero-order valence-corrected chi connectivity index (χ0v) is 9.90. The summed E-state index contributed by atoms with van der Waals surface area (Å²) in [6.45, 7) is 0.427. The van der Waals surface area contributed by atoms with E-state index >= 15 is 0 Å². The van der Waals surface area contributed by atoms with Crippen molar-refractivity contribution < 1.29 is 13.5 Å². The van der Waals surface area contributed by atoms with Crippen LogP contribution in [0, 0.1) is 11.6 Å². The van der Waals surface area contributed by atoms with E-state index in [0.717, 1.165) is 6.07 Å². The highest BCUT2D eigenvalue weighted by atomic mass is 79.9. The monoisotopic (exact) mass is 279 g/mol. The van der Waals surface area contributed by atoms with Gasteiger partial charge in [0.2, 0.25) is 0 Å². The van der Waals surface area contributed by atoms with Crippen LogP contribution in [0.25, 0.3) is 0 Å². The molecule has 0 unspecified atom stereocenters. The van der Waals surface area contributed by atoms with Crippen LogP contribution < -0.4 is 10.5 Å². The van der Waals surface area contributed by atoms with Crippen molar-refractivity contribution in [3.63, 3.8) is 0 Å². The van der Waals surface area contributed by atoms with E-state index in [1.54, 1.807) is 0 Å². The lowest BCUT2D eigenvalue weighted by molar-refractivity contribution is 0.375. The molecule has 0 radical (unpaired) electrons. The van der Waals surface area contributed by atoms with E-state index in [2.05, 4.69) is 15.9 Å². The molecule has 2 nitrogen and oxygen atoms in total. The maximum atomic E-state index is 13.6. The van der Waals surface area contributed by atoms with Gasteiger partial charge in [-0.25, -0.2) is 8.78 Å². The topological polar surface area (TPSA) is 35.2 Å². The number of nitrogens with two attached hydrogens (primary N) is 1. The first-order valence-corrected chi connectivity index (χ1v) is 5.31. The molecule has 0 heterocycles. The molecule has 0 saturated heterocycles. The second-order valence-corrected chi connectivity index (χ2v) is 3.91. The van der Waals surface area contributed by atoms with E-state index in [9.17, 15) is 8.78 Å². The van der Waals surface area contributed by atoms with Gasteiger partial charge >= 0.3 is 0 Å². The molecule has 5 heteroatoms. The summed E-state index contributed by atoms with van der Waals surface area (Å²) >= 11 is 2.95. The quantitative estimate of drug-likeness (QED) is 0.860. The summed E-state index contributed by atoms with van der Waals surface area (Å²) in [5.74, 6) is -1.09. The molecule has 0 atom stereocenters. The Bertz CT molecular complexity index is 358. The predicted molar refractivity (Wildman–Crippen MR) is 58.0 cm³/mol. The minimum absolute atomic E-state index is 0.0378. The Hall–Kier alpha value is -0.680. The van der Waals surface area contributed by atoms with Crippen LogP contribution in [0.3, 0.4) is 0 Å². The maximum absolute atomic E-state index is 13.6. The second-order valence-electron chi connectivity index (χ2n) is 3.06. The van der Waals surface area contributed by atoms with Crippen LogP contribution in [0.15, 0.2) is 10.5 Å². The molecule has 15 heavy (non-hydrogen) atoms. The third-order valence-corrected chi connectivity index (χ3v) is 2.63. The Labute approximate surface area is 95.5 Å². The highest BCUT2D eigenvalue weighted by Gasteiger charge is 2.17. The van der Waals surface area contributed by atoms with E-state index in [-0.39, 0.29) is 15.8 Å². The summed E-state index contributed by atoms with van der Waals surface area (Å²) in [5.41, 5.74) is 5.56. The lowest BCUT2D eigenvalue weighted by Crippen LogP contribution is -2.05. The summed E-state index contributed by atoms with van der Waals surface area (Å²) in [6.07, 6.45) is 0.949. The summed E-state index contributed by atoms with van der Waals surface area (Å²) in [6, 6.07) is 1.06. The molecule has 0 aliphatic heterocycles. The van der Waals surface area contributed by atoms with Gasteiger partial charge in [0, 0.05) is 5.56 Å². The first kappa shape index (κ1) is 12.4. The number of halogens is 3. The number of hydrogen-bond donors (Lipinski definition) is 1. The highest BCUT2D eigenvalue weighted by molar-refractivity contribution is 9.10. The smallest absolute Gasteiger partial charge is 0.166 e. The molecule has 84 valence electrons. The standard InChI is InChI=1S/C10H12BrF2NO/c1-15-10-6(3-2-4-14)9(13)7(11)5-8(10)12/h5H,2-4,14H2,1H3. The van der Waals surface area contributed by atoms with Crippen molar-refractivity contribution in [1.29, 1.82) is 0 Å². The lowest BCUT2D eigenvalue weighted by Gasteiger charge is -2.11. The average molecular weight is 280 g/mol. The summed E-state index contributed by atoms with van der Waals surface area (Å²) in [5, 5.41) is 0. The first-order chi connectivity index (χ1) is 7.11. The van der Waals surface area contributed by atoms with Crippen molar-refractivity contribution in [3.8, 4) is 5.75 Å². The molecule has 1 aromatic rings. The van der Waals surface area contributed by atoms with Crippen LogP contribution in [0.5, 0.6) is 5.75 Å². The van der Waals surface area contributed by atoms with Crippen LogP contribution in [-0.4, -0.2) is 13.7 Å². The van der Waals surface area contributed by atoms with Gasteiger partial charge in [-0.15, -0.1) is 0 Å². The maximum Gasteiger partial charge on any atom is 0.166 e. The van der Waals surface area contributed by atoms with Crippen molar-refractivity contribution in [1.82, 2.24) is 0 Å². The Morgan fingerprint density at radius 1 is 1.47 bits per heavy atom. The van der Waals surface area contributed by atoms with Gasteiger partial charge in [-0.05, 0) is 41.4 Å². The fourth-order valence-corrected chi connectivity index (χ4v) is 1.79. The van der Waals surface area contributed by atoms with Gasteiger partial charge in [-0.1, -0.05) is 0 Å². The van der Waals surface area contributed by atoms with Gasteiger partial charge < -0.3 is 10.5 Å². The van der Waals surface area contributed by atoms with E-state index < -0.39 is 11.6 Å². The molecule has 0 aliphatic carbocycles. The number of ether oxygens (including phenoxy) is 1. The van der Waals surface area contributed by atoms with Crippen LogP contribution in [-0.2, 0) is 6.42 Å².